The number of nitrogens with one attached hydrogen (secondary N) is 1. The summed E-state index contributed by atoms with van der Waals surface area (Å²) in [7, 11) is 0. The van der Waals surface area contributed by atoms with Crippen molar-refractivity contribution in [2.45, 2.75) is 51.7 Å². The summed E-state index contributed by atoms with van der Waals surface area (Å²) in [5.41, 5.74) is -2.17. The van der Waals surface area contributed by atoms with Gasteiger partial charge in [-0.3, -0.25) is 4.79 Å². The lowest BCUT2D eigenvalue weighted by molar-refractivity contribution is -0.213. The molecule has 1 unspecified atom stereocenters. The van der Waals surface area contributed by atoms with Gasteiger partial charge in [0, 0.05) is 6.42 Å². The Balaban J connectivity index is 2.54. The maximum Gasteiger partial charge on any atom is 0.394 e. The zero-order valence-electron chi connectivity index (χ0n) is 10.9. The third-order valence-corrected chi connectivity index (χ3v) is 3.27. The zero-order valence-corrected chi connectivity index (χ0v) is 10.9. The van der Waals surface area contributed by atoms with Gasteiger partial charge in [0.1, 0.15) is 6.04 Å². The van der Waals surface area contributed by atoms with Crippen LogP contribution in [-0.4, -0.2) is 29.2 Å². The van der Waals surface area contributed by atoms with Crippen molar-refractivity contribution in [1.82, 2.24) is 5.32 Å². The van der Waals surface area contributed by atoms with Crippen molar-refractivity contribution in [2.24, 2.45) is 11.3 Å². The highest BCUT2D eigenvalue weighted by molar-refractivity contribution is 5.83. The van der Waals surface area contributed by atoms with Crippen molar-refractivity contribution in [3.8, 4) is 0 Å². The highest BCUT2D eigenvalue weighted by Gasteiger charge is 2.48. The van der Waals surface area contributed by atoms with Crippen LogP contribution in [0, 0.1) is 11.3 Å². The molecule has 0 aromatic carbocycles. The van der Waals surface area contributed by atoms with Crippen LogP contribution >= 0.6 is 0 Å². The van der Waals surface area contributed by atoms with E-state index in [1.807, 2.05) is 0 Å². The maximum atomic E-state index is 12.6. The van der Waals surface area contributed by atoms with E-state index in [1.54, 1.807) is 0 Å². The molecule has 1 fully saturated rings. The fourth-order valence-electron chi connectivity index (χ4n) is 1.66. The van der Waals surface area contributed by atoms with E-state index in [4.69, 9.17) is 5.11 Å². The molecule has 1 aliphatic carbocycles. The van der Waals surface area contributed by atoms with Crippen LogP contribution in [-0.2, 0) is 9.59 Å². The summed E-state index contributed by atoms with van der Waals surface area (Å²) in [6, 6.07) is -1.09. The minimum Gasteiger partial charge on any atom is -0.480 e. The number of carbonyl (C=O) groups is 2. The molecular formula is C12H18F3NO3. The Morgan fingerprint density at radius 1 is 1.32 bits per heavy atom. The first kappa shape index (κ1) is 15.8. The number of carboxylic acids is 1. The van der Waals surface area contributed by atoms with E-state index >= 15 is 0 Å². The second-order valence-electron chi connectivity index (χ2n) is 5.70. The molecule has 19 heavy (non-hydrogen) atoms. The molecule has 0 saturated heterocycles. The number of amides is 1. The van der Waals surface area contributed by atoms with Crippen molar-refractivity contribution in [1.29, 1.82) is 0 Å². The van der Waals surface area contributed by atoms with E-state index in [1.165, 1.54) is 0 Å². The topological polar surface area (TPSA) is 66.4 Å². The van der Waals surface area contributed by atoms with E-state index in [0.29, 0.717) is 0 Å². The Hall–Kier alpha value is -1.27. The van der Waals surface area contributed by atoms with E-state index in [0.717, 1.165) is 26.7 Å². The summed E-state index contributed by atoms with van der Waals surface area (Å²) in [5, 5.41) is 11.1. The number of alkyl halides is 3. The molecule has 0 spiro atoms. The molecule has 1 aliphatic rings. The molecule has 2 N–H and O–H groups in total. The van der Waals surface area contributed by atoms with Crippen molar-refractivity contribution in [3.05, 3.63) is 0 Å². The fourth-order valence-corrected chi connectivity index (χ4v) is 1.66. The minimum atomic E-state index is -4.50. The predicted octanol–water partition coefficient (Wildman–Crippen LogP) is 2.33. The first-order valence-electron chi connectivity index (χ1n) is 6.12. The van der Waals surface area contributed by atoms with Crippen LogP contribution in [0.3, 0.4) is 0 Å². The van der Waals surface area contributed by atoms with Crippen LogP contribution in [0.2, 0.25) is 0 Å². The molecular weight excluding hydrogens is 263 g/mol. The van der Waals surface area contributed by atoms with Crippen molar-refractivity contribution in [2.75, 3.05) is 0 Å². The van der Waals surface area contributed by atoms with Gasteiger partial charge in [-0.1, -0.05) is 26.7 Å². The largest absolute Gasteiger partial charge is 0.480 e. The van der Waals surface area contributed by atoms with Gasteiger partial charge >= 0.3 is 12.1 Å². The van der Waals surface area contributed by atoms with E-state index in [2.05, 4.69) is 5.32 Å². The third kappa shape index (κ3) is 4.72. The van der Waals surface area contributed by atoms with Crippen LogP contribution in [0.25, 0.3) is 0 Å². The molecule has 1 atom stereocenters. The summed E-state index contributed by atoms with van der Waals surface area (Å²) >= 11 is 0. The summed E-state index contributed by atoms with van der Waals surface area (Å²) in [6.45, 7) is 1.84. The van der Waals surface area contributed by atoms with Crippen LogP contribution in [0.5, 0.6) is 0 Å². The number of halogens is 3. The summed E-state index contributed by atoms with van der Waals surface area (Å²) in [5.74, 6) is -1.82. The van der Waals surface area contributed by atoms with E-state index in [9.17, 15) is 22.8 Å². The zero-order chi connectivity index (χ0) is 14.8. The molecule has 1 amide bonds. The molecule has 1 rings (SSSR count). The monoisotopic (exact) mass is 281 g/mol. The molecule has 0 radical (unpaired) electrons. The van der Waals surface area contributed by atoms with Gasteiger partial charge in [0.05, 0.1) is 5.41 Å². The standard InChI is InChI=1S/C12H18F3NO3/c1-11(2,12(13,14)15)6-9(17)16-8(10(18)19)5-7-3-4-7/h7-8H,3-6H2,1-2H3,(H,16,17)(H,18,19). The Morgan fingerprint density at radius 2 is 1.84 bits per heavy atom. The molecule has 0 heterocycles. The second-order valence-corrected chi connectivity index (χ2v) is 5.70. The van der Waals surface area contributed by atoms with E-state index < -0.39 is 35.9 Å². The SMILES string of the molecule is CC(C)(CC(=O)NC(CC1CC1)C(=O)O)C(F)(F)F. The van der Waals surface area contributed by atoms with Crippen molar-refractivity contribution < 1.29 is 27.9 Å². The molecule has 0 aliphatic heterocycles. The summed E-state index contributed by atoms with van der Waals surface area (Å²) in [6.07, 6.45) is -3.17. The van der Waals surface area contributed by atoms with Crippen LogP contribution < -0.4 is 5.32 Å². The van der Waals surface area contributed by atoms with Gasteiger partial charge in [-0.05, 0) is 12.3 Å². The van der Waals surface area contributed by atoms with E-state index in [-0.39, 0.29) is 12.3 Å². The Labute approximate surface area is 109 Å². The van der Waals surface area contributed by atoms with Gasteiger partial charge < -0.3 is 10.4 Å². The van der Waals surface area contributed by atoms with Crippen LogP contribution in [0.4, 0.5) is 13.2 Å². The molecule has 7 heteroatoms. The van der Waals surface area contributed by atoms with Crippen LogP contribution in [0.1, 0.15) is 39.5 Å². The quantitative estimate of drug-likeness (QED) is 0.785. The number of aliphatic carboxylic acids is 1. The van der Waals surface area contributed by atoms with Crippen molar-refractivity contribution >= 4 is 11.9 Å². The third-order valence-electron chi connectivity index (χ3n) is 3.27. The Morgan fingerprint density at radius 3 is 2.21 bits per heavy atom. The minimum absolute atomic E-state index is 0.261. The van der Waals surface area contributed by atoms with Crippen LogP contribution in [0.15, 0.2) is 0 Å². The van der Waals surface area contributed by atoms with Crippen molar-refractivity contribution in [3.63, 3.8) is 0 Å². The van der Waals surface area contributed by atoms with Gasteiger partial charge in [0.25, 0.3) is 0 Å². The average molecular weight is 281 g/mol. The molecule has 110 valence electrons. The lowest BCUT2D eigenvalue weighted by Crippen LogP contribution is -2.44. The normalized spacial score (nSPS) is 17.9. The highest BCUT2D eigenvalue weighted by Crippen LogP contribution is 2.40. The molecule has 0 aromatic heterocycles. The highest BCUT2D eigenvalue weighted by atomic mass is 19.4. The molecule has 0 aromatic rings. The maximum absolute atomic E-state index is 12.6. The Kier molecular flexibility index (Phi) is 4.47. The van der Waals surface area contributed by atoms with Gasteiger partial charge in [-0.2, -0.15) is 13.2 Å². The predicted molar refractivity (Wildman–Crippen MR) is 61.4 cm³/mol. The average Bonchev–Trinajstić information content (AvgIpc) is 2.97. The smallest absolute Gasteiger partial charge is 0.394 e. The lowest BCUT2D eigenvalue weighted by atomic mass is 9.88. The number of hydrogen-bond acceptors (Lipinski definition) is 2. The molecule has 0 bridgehead atoms. The molecule has 1 saturated carbocycles. The number of carboxylic acid groups (broad SMARTS) is 1. The number of hydrogen-bond donors (Lipinski definition) is 2. The lowest BCUT2D eigenvalue weighted by Gasteiger charge is -2.27. The summed E-state index contributed by atoms with van der Waals surface area (Å²) in [4.78, 5) is 22.5. The molecule has 4 nitrogen and oxygen atoms in total. The second kappa shape index (κ2) is 5.38. The first-order chi connectivity index (χ1) is 8.53. The summed E-state index contributed by atoms with van der Waals surface area (Å²) < 4.78 is 37.8. The van der Waals surface area contributed by atoms with Gasteiger partial charge in [-0.25, -0.2) is 4.79 Å². The van der Waals surface area contributed by atoms with Gasteiger partial charge in [0.15, 0.2) is 0 Å². The Bertz CT molecular complexity index is 362. The van der Waals surface area contributed by atoms with Gasteiger partial charge in [-0.15, -0.1) is 0 Å². The first-order valence-corrected chi connectivity index (χ1v) is 6.12. The number of carbonyl (C=O) groups excluding carboxylic acids is 1. The number of rotatable bonds is 6. The van der Waals surface area contributed by atoms with Gasteiger partial charge in [0.2, 0.25) is 5.91 Å². The fraction of sp³-hybridized carbons (Fsp3) is 0.833.